The van der Waals surface area contributed by atoms with E-state index < -0.39 is 0 Å². The normalized spacial score (nSPS) is 12.3. The molecule has 0 fully saturated rings. The zero-order valence-electron chi connectivity index (χ0n) is 19.5. The van der Waals surface area contributed by atoms with E-state index in [1.54, 1.807) is 0 Å². The smallest absolute Gasteiger partial charge is 0.319 e. The molecule has 4 amide bonds. The van der Waals surface area contributed by atoms with Gasteiger partial charge >= 0.3 is 12.1 Å². The summed E-state index contributed by atoms with van der Waals surface area (Å²) in [6.07, 6.45) is 0.856. The quantitative estimate of drug-likeness (QED) is 0.630. The van der Waals surface area contributed by atoms with Crippen molar-refractivity contribution in [1.29, 1.82) is 0 Å². The van der Waals surface area contributed by atoms with Crippen molar-refractivity contribution in [2.24, 2.45) is 0 Å². The van der Waals surface area contributed by atoms with Crippen molar-refractivity contribution in [3.63, 3.8) is 0 Å². The summed E-state index contributed by atoms with van der Waals surface area (Å²) in [5.74, 6) is 0. The maximum Gasteiger partial charge on any atom is 0.319 e. The van der Waals surface area contributed by atoms with Gasteiger partial charge in [0.2, 0.25) is 0 Å². The highest BCUT2D eigenvalue weighted by atomic mass is 16.2. The van der Waals surface area contributed by atoms with Gasteiger partial charge in [0.15, 0.2) is 0 Å². The largest absolute Gasteiger partial charge is 0.377 e. The molecule has 7 nitrogen and oxygen atoms in total. The third kappa shape index (κ3) is 8.21. The fourth-order valence-corrected chi connectivity index (χ4v) is 2.89. The number of hydrogen-bond acceptors (Lipinski definition) is 3. The summed E-state index contributed by atoms with van der Waals surface area (Å²) in [5, 5.41) is 8.79. The average Bonchev–Trinajstić information content (AvgIpc) is 2.56. The molecule has 0 heterocycles. The van der Waals surface area contributed by atoms with Gasteiger partial charge in [0.1, 0.15) is 0 Å². The predicted octanol–water partition coefficient (Wildman–Crippen LogP) is 4.39. The van der Waals surface area contributed by atoms with Crippen LogP contribution in [0.3, 0.4) is 0 Å². The minimum absolute atomic E-state index is 0.0662. The molecule has 7 heteroatoms. The lowest BCUT2D eigenvalue weighted by atomic mass is 10.1. The molecule has 1 aromatic rings. The first kappa shape index (κ1) is 24.6. The van der Waals surface area contributed by atoms with Crippen LogP contribution in [0.2, 0.25) is 0 Å². The second-order valence-electron chi connectivity index (χ2n) is 9.06. The summed E-state index contributed by atoms with van der Waals surface area (Å²) >= 11 is 0. The Kier molecular flexibility index (Phi) is 8.80. The second kappa shape index (κ2) is 10.4. The summed E-state index contributed by atoms with van der Waals surface area (Å²) in [7, 11) is 3.94. The van der Waals surface area contributed by atoms with Gasteiger partial charge in [-0.15, -0.1) is 0 Å². The van der Waals surface area contributed by atoms with Crippen LogP contribution < -0.4 is 20.9 Å². The molecule has 29 heavy (non-hydrogen) atoms. The number of carbonyl (C=O) groups excluding carboxylic acids is 2. The van der Waals surface area contributed by atoms with Gasteiger partial charge in [0, 0.05) is 49.6 Å². The molecule has 0 aliphatic rings. The molecular weight excluding hydrogens is 366 g/mol. The van der Waals surface area contributed by atoms with Crippen LogP contribution in [-0.4, -0.2) is 48.7 Å². The topological polar surface area (TPSA) is 76.7 Å². The maximum absolute atomic E-state index is 12.8. The fraction of sp³-hybridized carbons (Fsp3) is 0.636. The van der Waals surface area contributed by atoms with E-state index in [0.717, 1.165) is 17.7 Å². The number of amides is 4. The van der Waals surface area contributed by atoms with Crippen molar-refractivity contribution in [2.75, 3.05) is 24.3 Å². The molecule has 0 saturated heterocycles. The van der Waals surface area contributed by atoms with Gasteiger partial charge in [-0.3, -0.25) is 0 Å². The molecule has 0 aliphatic carbocycles. The molecule has 1 atom stereocenters. The third-order valence-electron chi connectivity index (χ3n) is 4.44. The van der Waals surface area contributed by atoms with Crippen LogP contribution in [0.4, 0.5) is 21.0 Å². The summed E-state index contributed by atoms with van der Waals surface area (Å²) in [6.45, 7) is 14.3. The van der Waals surface area contributed by atoms with Crippen LogP contribution >= 0.6 is 0 Å². The standard InChI is InChI=1S/C22H39N5O2/c1-10-16(4)27(21(29)23-15(2)3)14-17-13-18(11-12-19(17)26(8)9)24-20(28)25-22(5,6)7/h11-13,15-16H,10,14H2,1-9H3,(H,23,29)(H2,24,25,28)/t16-/m0/s1. The number of hydrogen-bond donors (Lipinski definition) is 3. The van der Waals surface area contributed by atoms with E-state index in [-0.39, 0.29) is 29.7 Å². The molecule has 0 bridgehead atoms. The van der Waals surface area contributed by atoms with Crippen LogP contribution in [0.1, 0.15) is 60.5 Å². The van der Waals surface area contributed by atoms with Gasteiger partial charge in [0.25, 0.3) is 0 Å². The molecule has 3 N–H and O–H groups in total. The maximum atomic E-state index is 12.8. The van der Waals surface area contributed by atoms with E-state index in [4.69, 9.17) is 0 Å². The molecule has 1 aromatic carbocycles. The second-order valence-corrected chi connectivity index (χ2v) is 9.06. The predicted molar refractivity (Wildman–Crippen MR) is 122 cm³/mol. The molecule has 164 valence electrons. The number of nitrogens with one attached hydrogen (secondary N) is 3. The Bertz CT molecular complexity index is 695. The summed E-state index contributed by atoms with van der Waals surface area (Å²) in [6, 6.07) is 5.61. The highest BCUT2D eigenvalue weighted by Gasteiger charge is 2.22. The number of rotatable bonds is 7. The Morgan fingerprint density at radius 2 is 1.72 bits per heavy atom. The first-order valence-corrected chi connectivity index (χ1v) is 10.3. The van der Waals surface area contributed by atoms with E-state index in [0.29, 0.717) is 12.2 Å². The first-order chi connectivity index (χ1) is 13.3. The molecule has 0 spiro atoms. The number of carbonyl (C=O) groups is 2. The third-order valence-corrected chi connectivity index (χ3v) is 4.44. The SMILES string of the molecule is CC[C@H](C)N(Cc1cc(NC(=O)NC(C)(C)C)ccc1N(C)C)C(=O)NC(C)C. The summed E-state index contributed by atoms with van der Waals surface area (Å²) < 4.78 is 0. The highest BCUT2D eigenvalue weighted by Crippen LogP contribution is 2.26. The van der Waals surface area contributed by atoms with Gasteiger partial charge in [0.05, 0.1) is 0 Å². The number of anilines is 2. The van der Waals surface area contributed by atoms with Crippen molar-refractivity contribution in [3.8, 4) is 0 Å². The molecule has 0 aromatic heterocycles. The van der Waals surface area contributed by atoms with Gasteiger partial charge in [-0.25, -0.2) is 9.59 Å². The Hall–Kier alpha value is -2.44. The number of urea groups is 2. The Labute approximate surface area is 176 Å². The molecule has 0 aliphatic heterocycles. The molecule has 0 unspecified atom stereocenters. The van der Waals surface area contributed by atoms with Crippen LogP contribution in [-0.2, 0) is 6.54 Å². The van der Waals surface area contributed by atoms with Crippen LogP contribution in [0, 0.1) is 0 Å². The van der Waals surface area contributed by atoms with E-state index in [1.165, 1.54) is 0 Å². The van der Waals surface area contributed by atoms with E-state index in [9.17, 15) is 9.59 Å². The Morgan fingerprint density at radius 3 is 2.21 bits per heavy atom. The average molecular weight is 406 g/mol. The van der Waals surface area contributed by atoms with Gasteiger partial charge in [-0.1, -0.05) is 6.92 Å². The monoisotopic (exact) mass is 405 g/mol. The van der Waals surface area contributed by atoms with Crippen LogP contribution in [0.15, 0.2) is 18.2 Å². The molecule has 0 radical (unpaired) electrons. The highest BCUT2D eigenvalue weighted by molar-refractivity contribution is 5.90. The lowest BCUT2D eigenvalue weighted by Crippen LogP contribution is -2.46. The van der Waals surface area contributed by atoms with Gasteiger partial charge in [-0.05, 0) is 71.7 Å². The molecule has 0 saturated carbocycles. The number of nitrogens with zero attached hydrogens (tertiary/aromatic N) is 2. The summed E-state index contributed by atoms with van der Waals surface area (Å²) in [5.41, 5.74) is 2.36. The van der Waals surface area contributed by atoms with Crippen molar-refractivity contribution < 1.29 is 9.59 Å². The van der Waals surface area contributed by atoms with E-state index in [1.807, 2.05) is 83.6 Å². The fourth-order valence-electron chi connectivity index (χ4n) is 2.89. The summed E-state index contributed by atoms with van der Waals surface area (Å²) in [4.78, 5) is 28.9. The zero-order chi connectivity index (χ0) is 22.4. The Morgan fingerprint density at radius 1 is 1.10 bits per heavy atom. The van der Waals surface area contributed by atoms with E-state index >= 15 is 0 Å². The van der Waals surface area contributed by atoms with Crippen molar-refractivity contribution >= 4 is 23.4 Å². The van der Waals surface area contributed by atoms with Crippen molar-refractivity contribution in [3.05, 3.63) is 23.8 Å². The lowest BCUT2D eigenvalue weighted by molar-refractivity contribution is 0.171. The molecular formula is C22H39N5O2. The Balaban J connectivity index is 3.17. The lowest BCUT2D eigenvalue weighted by Gasteiger charge is -2.31. The van der Waals surface area contributed by atoms with Crippen molar-refractivity contribution in [1.82, 2.24) is 15.5 Å². The van der Waals surface area contributed by atoms with Crippen LogP contribution in [0.5, 0.6) is 0 Å². The first-order valence-electron chi connectivity index (χ1n) is 10.3. The minimum atomic E-state index is -0.321. The van der Waals surface area contributed by atoms with E-state index in [2.05, 4.69) is 22.9 Å². The van der Waals surface area contributed by atoms with Crippen LogP contribution in [0.25, 0.3) is 0 Å². The van der Waals surface area contributed by atoms with Gasteiger partial charge in [-0.2, -0.15) is 0 Å². The number of benzene rings is 1. The minimum Gasteiger partial charge on any atom is -0.377 e. The van der Waals surface area contributed by atoms with Gasteiger partial charge < -0.3 is 25.8 Å². The molecule has 1 rings (SSSR count). The van der Waals surface area contributed by atoms with Crippen molar-refractivity contribution in [2.45, 2.75) is 79.1 Å². The zero-order valence-corrected chi connectivity index (χ0v) is 19.5.